The van der Waals surface area contributed by atoms with Gasteiger partial charge in [0.15, 0.2) is 12.2 Å². The number of nitrogens with one attached hydrogen (secondary N) is 2. The molecule has 0 saturated carbocycles. The van der Waals surface area contributed by atoms with E-state index in [2.05, 4.69) is 31.5 Å². The minimum Gasteiger partial charge on any atom is -0.380 e. The average Bonchev–Trinajstić information content (AvgIpc) is 3.68. The lowest BCUT2D eigenvalue weighted by Crippen LogP contribution is -2.56. The molecule has 222 valence electrons. The van der Waals surface area contributed by atoms with Gasteiger partial charge in [-0.3, -0.25) is 30.5 Å². The number of hydrazine groups is 2. The third-order valence-electron chi connectivity index (χ3n) is 6.85. The number of hydrogen-bond acceptors (Lipinski definition) is 10. The highest BCUT2D eigenvalue weighted by Crippen LogP contribution is 2.17. The van der Waals surface area contributed by atoms with Crippen molar-refractivity contribution in [3.8, 4) is 0 Å². The molecule has 4 aromatic carbocycles. The van der Waals surface area contributed by atoms with Gasteiger partial charge in [-0.05, 0) is 48.5 Å². The van der Waals surface area contributed by atoms with E-state index < -0.39 is 24.0 Å². The van der Waals surface area contributed by atoms with Crippen molar-refractivity contribution in [3.63, 3.8) is 0 Å². The molecular weight excluding hydrogens is 564 g/mol. The average molecular weight is 593 g/mol. The molecule has 0 saturated heterocycles. The highest BCUT2D eigenvalue weighted by Gasteiger charge is 2.33. The lowest BCUT2D eigenvalue weighted by Gasteiger charge is -2.29. The van der Waals surface area contributed by atoms with Gasteiger partial charge in [-0.25, -0.2) is 9.36 Å². The molecule has 0 spiro atoms. The van der Waals surface area contributed by atoms with Gasteiger partial charge in [0.1, 0.15) is 24.4 Å². The van der Waals surface area contributed by atoms with Crippen molar-refractivity contribution in [2.75, 3.05) is 10.0 Å². The van der Waals surface area contributed by atoms with E-state index in [0.29, 0.717) is 22.4 Å². The van der Waals surface area contributed by atoms with Crippen LogP contribution in [0.25, 0.3) is 22.1 Å². The summed E-state index contributed by atoms with van der Waals surface area (Å²) in [5.74, 6) is -2.01. The molecule has 14 nitrogen and oxygen atoms in total. The molecule has 2 amide bonds. The number of benzene rings is 4. The first-order valence-corrected chi connectivity index (χ1v) is 13.7. The zero-order valence-electron chi connectivity index (χ0n) is 23.2. The number of fused-ring (bicyclic) bond motifs is 2. The van der Waals surface area contributed by atoms with Gasteiger partial charge in [-0.15, -0.1) is 10.2 Å². The first-order chi connectivity index (χ1) is 21.5. The molecule has 0 aliphatic heterocycles. The molecule has 2 unspecified atom stereocenters. The van der Waals surface area contributed by atoms with E-state index in [-0.39, 0.29) is 13.3 Å². The highest BCUT2D eigenvalue weighted by atomic mass is 16.3. The van der Waals surface area contributed by atoms with Crippen molar-refractivity contribution in [3.05, 3.63) is 109 Å². The van der Waals surface area contributed by atoms with E-state index in [0.717, 1.165) is 11.0 Å². The Labute approximate surface area is 250 Å². The predicted molar refractivity (Wildman–Crippen MR) is 161 cm³/mol. The van der Waals surface area contributed by atoms with Crippen molar-refractivity contribution in [1.82, 2.24) is 40.8 Å². The Kier molecular flexibility index (Phi) is 8.07. The number of nitrogens with zero attached hydrogens (tertiary/aromatic N) is 8. The number of aliphatic hydroxyl groups excluding tert-OH is 2. The third-order valence-corrected chi connectivity index (χ3v) is 6.85. The SMILES string of the molecule is O=C(NN(Cn1nnc2ccccc21)c1ccccc1)C(O)C(O)C(=O)NN(Cn1nnc2ccccc21)c1ccccc1. The summed E-state index contributed by atoms with van der Waals surface area (Å²) in [5, 5.41) is 41.1. The van der Waals surface area contributed by atoms with Crippen molar-refractivity contribution < 1.29 is 19.8 Å². The van der Waals surface area contributed by atoms with Crippen LogP contribution < -0.4 is 20.9 Å². The molecule has 2 heterocycles. The maximum absolute atomic E-state index is 13.2. The van der Waals surface area contributed by atoms with Gasteiger partial charge in [-0.2, -0.15) is 0 Å². The summed E-state index contributed by atoms with van der Waals surface area (Å²) in [6, 6.07) is 32.4. The Morgan fingerprint density at radius 3 is 1.36 bits per heavy atom. The van der Waals surface area contributed by atoms with E-state index in [1.54, 1.807) is 57.9 Å². The van der Waals surface area contributed by atoms with Crippen LogP contribution in [0, 0.1) is 0 Å². The van der Waals surface area contributed by atoms with E-state index >= 15 is 0 Å². The summed E-state index contributed by atoms with van der Waals surface area (Å²) in [6.45, 7) is 0.0534. The number of rotatable bonds is 11. The monoisotopic (exact) mass is 592 g/mol. The summed E-state index contributed by atoms with van der Waals surface area (Å²) in [6.07, 6.45) is -4.22. The number of aliphatic hydroxyl groups is 2. The second kappa shape index (κ2) is 12.6. The van der Waals surface area contributed by atoms with Gasteiger partial charge in [-0.1, -0.05) is 71.1 Å². The van der Waals surface area contributed by atoms with Crippen LogP contribution >= 0.6 is 0 Å². The molecule has 2 aromatic heterocycles. The lowest BCUT2D eigenvalue weighted by atomic mass is 10.2. The van der Waals surface area contributed by atoms with Crippen LogP contribution in [0.2, 0.25) is 0 Å². The number of anilines is 2. The summed E-state index contributed by atoms with van der Waals surface area (Å²) in [5.41, 5.74) is 9.11. The topological polar surface area (TPSA) is 167 Å². The molecular formula is C30H28N10O4. The van der Waals surface area contributed by atoms with Gasteiger partial charge in [0, 0.05) is 0 Å². The van der Waals surface area contributed by atoms with E-state index in [1.807, 2.05) is 60.7 Å². The molecule has 0 bridgehead atoms. The smallest absolute Gasteiger partial charge is 0.270 e. The first-order valence-electron chi connectivity index (χ1n) is 13.7. The van der Waals surface area contributed by atoms with Gasteiger partial charge >= 0.3 is 0 Å². The van der Waals surface area contributed by atoms with Crippen molar-refractivity contribution in [1.29, 1.82) is 0 Å². The Balaban J connectivity index is 1.18. The summed E-state index contributed by atoms with van der Waals surface area (Å²) in [7, 11) is 0. The van der Waals surface area contributed by atoms with Crippen LogP contribution in [-0.4, -0.2) is 64.2 Å². The molecule has 0 aliphatic carbocycles. The molecule has 44 heavy (non-hydrogen) atoms. The molecule has 0 fully saturated rings. The Morgan fingerprint density at radius 2 is 0.955 bits per heavy atom. The zero-order chi connectivity index (χ0) is 30.5. The maximum atomic E-state index is 13.2. The lowest BCUT2D eigenvalue weighted by molar-refractivity contribution is -0.146. The third kappa shape index (κ3) is 6.01. The fraction of sp³-hybridized carbons (Fsp3) is 0.133. The van der Waals surface area contributed by atoms with Crippen LogP contribution in [0.5, 0.6) is 0 Å². The number of carbonyl (C=O) groups excluding carboxylic acids is 2. The quantitative estimate of drug-likeness (QED) is 0.162. The summed E-state index contributed by atoms with van der Waals surface area (Å²) in [4.78, 5) is 26.4. The molecule has 0 aliphatic rings. The summed E-state index contributed by atoms with van der Waals surface area (Å²) < 4.78 is 3.15. The predicted octanol–water partition coefficient (Wildman–Crippen LogP) is 1.59. The van der Waals surface area contributed by atoms with Gasteiger partial charge in [0.05, 0.1) is 22.4 Å². The number of carbonyl (C=O) groups is 2. The summed E-state index contributed by atoms with van der Waals surface area (Å²) >= 11 is 0. The molecule has 0 radical (unpaired) electrons. The van der Waals surface area contributed by atoms with Crippen molar-refractivity contribution in [2.45, 2.75) is 25.5 Å². The normalized spacial score (nSPS) is 12.5. The minimum absolute atomic E-state index is 0.0267. The molecule has 6 aromatic rings. The molecule has 2 atom stereocenters. The maximum Gasteiger partial charge on any atom is 0.270 e. The van der Waals surface area contributed by atoms with Crippen LogP contribution in [-0.2, 0) is 22.9 Å². The Bertz CT molecular complexity index is 1740. The Hall–Kier alpha value is -5.86. The molecule has 4 N–H and O–H groups in total. The van der Waals surface area contributed by atoms with Crippen LogP contribution in [0.1, 0.15) is 0 Å². The molecule has 14 heteroatoms. The highest BCUT2D eigenvalue weighted by molar-refractivity contribution is 5.92. The zero-order valence-corrected chi connectivity index (χ0v) is 23.2. The number of para-hydroxylation sites is 4. The number of hydrogen-bond donors (Lipinski definition) is 4. The van der Waals surface area contributed by atoms with E-state index in [4.69, 9.17) is 0 Å². The second-order valence-corrected chi connectivity index (χ2v) is 9.81. The standard InChI is InChI=1S/C30H28N10O4/c41-27(29(43)33-37(21-11-3-1-4-12-21)19-39-25-17-9-7-15-23(25)31-35-39)28(42)30(44)34-38(22-13-5-2-6-14-22)20-40-26-18-10-8-16-24(26)32-36-40/h1-18,27-28,41-42H,19-20H2,(H,33,43)(H,34,44). The van der Waals surface area contributed by atoms with Crippen molar-refractivity contribution in [2.24, 2.45) is 0 Å². The van der Waals surface area contributed by atoms with Gasteiger partial charge in [0.25, 0.3) is 11.8 Å². The van der Waals surface area contributed by atoms with Crippen molar-refractivity contribution >= 4 is 45.3 Å². The van der Waals surface area contributed by atoms with E-state index in [1.165, 1.54) is 10.0 Å². The fourth-order valence-electron chi connectivity index (χ4n) is 4.58. The van der Waals surface area contributed by atoms with Crippen LogP contribution in [0.4, 0.5) is 11.4 Å². The first kappa shape index (κ1) is 28.3. The van der Waals surface area contributed by atoms with Gasteiger partial charge < -0.3 is 10.2 Å². The van der Waals surface area contributed by atoms with E-state index in [9.17, 15) is 19.8 Å². The number of aromatic nitrogens is 6. The number of amides is 2. The minimum atomic E-state index is -2.11. The largest absolute Gasteiger partial charge is 0.380 e. The van der Waals surface area contributed by atoms with Gasteiger partial charge in [0.2, 0.25) is 0 Å². The Morgan fingerprint density at radius 1 is 0.591 bits per heavy atom. The molecule has 6 rings (SSSR count). The fourth-order valence-corrected chi connectivity index (χ4v) is 4.58. The van der Waals surface area contributed by atoms with Crippen LogP contribution in [0.15, 0.2) is 109 Å². The van der Waals surface area contributed by atoms with Crippen LogP contribution in [0.3, 0.4) is 0 Å². The second-order valence-electron chi connectivity index (χ2n) is 9.81.